The number of phenols is 1. The molecule has 0 radical (unpaired) electrons. The number of aromatic nitrogens is 2. The van der Waals surface area contributed by atoms with Gasteiger partial charge < -0.3 is 63.9 Å². The van der Waals surface area contributed by atoms with Crippen molar-refractivity contribution < 1.29 is 43.8 Å². The Hall–Kier alpha value is -5.90. The molecule has 1 aliphatic rings. The average molecular weight is 929 g/mol. The molecule has 360 valence electrons. The smallest absolute Gasteiger partial charge is 0.326 e. The molecule has 1 saturated heterocycles. The number of phenolic OH excluding ortho intramolecular Hbond substituents is 1. The molecule has 1 aromatic carbocycles. The van der Waals surface area contributed by atoms with Gasteiger partial charge in [-0.25, -0.2) is 9.78 Å². The monoisotopic (exact) mass is 928 g/mol. The van der Waals surface area contributed by atoms with Gasteiger partial charge in [-0.05, 0) is 73.8 Å². The fourth-order valence-electron chi connectivity index (χ4n) is 7.14. The summed E-state index contributed by atoms with van der Waals surface area (Å²) in [6, 6.07) is -1.97. The fourth-order valence-corrected chi connectivity index (χ4v) is 8.06. The molecule has 0 unspecified atom stereocenters. The molecule has 0 saturated carbocycles. The van der Waals surface area contributed by atoms with Gasteiger partial charge in [-0.1, -0.05) is 46.8 Å². The van der Waals surface area contributed by atoms with Gasteiger partial charge in [0.05, 0.1) is 12.4 Å². The standard InChI is InChI=1S/C43H68N12O9S/c1-6-17-65-22-33(38(59)51-31(20-27-21-47-23-49-27)41(62)55-16-8-10-34(55)39(60)52-32(42(63)64)18-24(2)3)53-37(58)30(19-26-11-13-28(56)14-12-26)50-40(61)35(25(4)5)54-36(57)29(44)9-7-15-48-43(45)46/h11-14,21,23-25,29-35,56H,6-10,15-20,22,44H2,1-5H3,(H,47,49)(H,50,61)(H,51,59)(H,52,60)(H,53,58)(H,54,57)(H,63,64)(H4,45,46,48)/t29-,30-,31-,32-,33-,34-,35-/m0/s1. The first-order chi connectivity index (χ1) is 30.8. The lowest BCUT2D eigenvalue weighted by Gasteiger charge is -2.31. The van der Waals surface area contributed by atoms with E-state index < -0.39 is 89.6 Å². The average Bonchev–Trinajstić information content (AvgIpc) is 3.96. The van der Waals surface area contributed by atoms with Crippen molar-refractivity contribution in [1.29, 1.82) is 0 Å². The maximum Gasteiger partial charge on any atom is 0.326 e. The minimum Gasteiger partial charge on any atom is -0.508 e. The maximum atomic E-state index is 14.4. The van der Waals surface area contributed by atoms with Gasteiger partial charge in [-0.2, -0.15) is 11.8 Å². The number of hydrogen-bond acceptors (Lipinski definition) is 12. The van der Waals surface area contributed by atoms with E-state index in [2.05, 4.69) is 41.5 Å². The van der Waals surface area contributed by atoms with Crippen molar-refractivity contribution in [1.82, 2.24) is 41.5 Å². The topological polar surface area (TPSA) is 342 Å². The number of carboxylic acid groups (broad SMARTS) is 1. The van der Waals surface area contributed by atoms with Crippen LogP contribution in [0, 0.1) is 11.8 Å². The zero-order valence-electron chi connectivity index (χ0n) is 37.9. The molecule has 22 heteroatoms. The van der Waals surface area contributed by atoms with Crippen molar-refractivity contribution in [2.75, 3.05) is 24.6 Å². The van der Waals surface area contributed by atoms with Crippen LogP contribution >= 0.6 is 11.8 Å². The van der Waals surface area contributed by atoms with Gasteiger partial charge in [0.25, 0.3) is 0 Å². The summed E-state index contributed by atoms with van der Waals surface area (Å²) >= 11 is 1.39. The molecule has 21 nitrogen and oxygen atoms in total. The molecule has 2 heterocycles. The van der Waals surface area contributed by atoms with E-state index in [1.807, 2.05) is 20.8 Å². The van der Waals surface area contributed by atoms with Gasteiger partial charge in [0.15, 0.2) is 5.96 Å². The van der Waals surface area contributed by atoms with E-state index in [0.717, 1.165) is 6.42 Å². The zero-order valence-corrected chi connectivity index (χ0v) is 38.7. The molecule has 2 aromatic rings. The van der Waals surface area contributed by atoms with Crippen molar-refractivity contribution >= 4 is 59.1 Å². The second kappa shape index (κ2) is 26.8. The number of aliphatic carboxylic acids is 1. The number of benzene rings is 1. The van der Waals surface area contributed by atoms with Crippen molar-refractivity contribution in [3.8, 4) is 5.75 Å². The summed E-state index contributed by atoms with van der Waals surface area (Å²) in [5.41, 5.74) is 17.9. The number of carbonyl (C=O) groups excluding carboxylic acids is 6. The highest BCUT2D eigenvalue weighted by Gasteiger charge is 2.40. The van der Waals surface area contributed by atoms with Gasteiger partial charge >= 0.3 is 5.97 Å². The highest BCUT2D eigenvalue weighted by molar-refractivity contribution is 7.99. The van der Waals surface area contributed by atoms with E-state index in [4.69, 9.17) is 17.2 Å². The third kappa shape index (κ3) is 17.9. The SMILES string of the molecule is CCCSC[C@H](NC(=O)[C@H](Cc1ccc(O)cc1)NC(=O)[C@@H](NC(=O)[C@@H](N)CCCN=C(N)N)C(C)C)C(=O)N[C@@H](Cc1cnc[nH]1)C(=O)N1CCC[C@H]1C(=O)N[C@@H](CC(C)C)C(=O)O. The number of aromatic hydroxyl groups is 1. The molecule has 6 amide bonds. The van der Waals surface area contributed by atoms with E-state index in [1.54, 1.807) is 26.0 Å². The largest absolute Gasteiger partial charge is 0.508 e. The number of hydrogen-bond donors (Lipinski definition) is 11. The van der Waals surface area contributed by atoms with Gasteiger partial charge in [0, 0.05) is 43.6 Å². The Morgan fingerprint density at radius 1 is 0.892 bits per heavy atom. The van der Waals surface area contributed by atoms with Gasteiger partial charge in [0.2, 0.25) is 35.4 Å². The number of amides is 6. The lowest BCUT2D eigenvalue weighted by atomic mass is 10.00. The van der Waals surface area contributed by atoms with Crippen molar-refractivity contribution in [3.05, 3.63) is 48.0 Å². The number of imidazole rings is 1. The maximum absolute atomic E-state index is 14.4. The summed E-state index contributed by atoms with van der Waals surface area (Å²) in [7, 11) is 0. The Labute approximate surface area is 384 Å². The Bertz CT molecular complexity index is 1910. The third-order valence-corrected chi connectivity index (χ3v) is 11.8. The van der Waals surface area contributed by atoms with Crippen LogP contribution in [0.1, 0.15) is 84.4 Å². The zero-order chi connectivity index (χ0) is 48.2. The molecule has 0 spiro atoms. The minimum atomic E-state index is -1.29. The number of aliphatic imine (C=N–C) groups is 1. The molecule has 14 N–H and O–H groups in total. The Kier molecular flexibility index (Phi) is 22.0. The Morgan fingerprint density at radius 3 is 2.15 bits per heavy atom. The second-order valence-electron chi connectivity index (χ2n) is 16.9. The first-order valence-corrected chi connectivity index (χ1v) is 23.2. The molecule has 1 fully saturated rings. The number of aromatic amines is 1. The highest BCUT2D eigenvalue weighted by atomic mass is 32.2. The van der Waals surface area contributed by atoms with E-state index in [-0.39, 0.29) is 68.6 Å². The fraction of sp³-hybridized carbons (Fsp3) is 0.605. The molecule has 65 heavy (non-hydrogen) atoms. The van der Waals surface area contributed by atoms with Gasteiger partial charge in [-0.15, -0.1) is 0 Å². The van der Waals surface area contributed by atoms with Crippen LogP contribution in [0.25, 0.3) is 0 Å². The van der Waals surface area contributed by atoms with Gasteiger partial charge in [-0.3, -0.25) is 33.8 Å². The molecule has 7 atom stereocenters. The second-order valence-corrected chi connectivity index (χ2v) is 18.1. The molecular weight excluding hydrogens is 861 g/mol. The summed E-state index contributed by atoms with van der Waals surface area (Å²) < 4.78 is 0. The number of nitrogens with zero attached hydrogens (tertiary/aromatic N) is 3. The number of thioether (sulfide) groups is 1. The van der Waals surface area contributed by atoms with Crippen LogP contribution in [-0.4, -0.2) is 139 Å². The number of H-pyrrole nitrogens is 1. The van der Waals surface area contributed by atoms with Crippen LogP contribution in [0.5, 0.6) is 5.75 Å². The van der Waals surface area contributed by atoms with Crippen LogP contribution in [0.4, 0.5) is 0 Å². The summed E-state index contributed by atoms with van der Waals surface area (Å²) in [5.74, 6) is -4.97. The van der Waals surface area contributed by atoms with Crippen molar-refractivity contribution in [2.24, 2.45) is 34.0 Å². The summed E-state index contributed by atoms with van der Waals surface area (Å²) in [5, 5.41) is 33.3. The van der Waals surface area contributed by atoms with E-state index in [1.165, 1.54) is 41.3 Å². The quantitative estimate of drug-likeness (QED) is 0.0310. The normalized spacial score (nSPS) is 16.4. The lowest BCUT2D eigenvalue weighted by molar-refractivity contribution is -0.145. The first kappa shape index (κ1) is 53.4. The summed E-state index contributed by atoms with van der Waals surface area (Å²) in [4.78, 5) is 108. The summed E-state index contributed by atoms with van der Waals surface area (Å²) in [6.45, 7) is 9.50. The number of rotatable bonds is 27. The number of carbonyl (C=O) groups is 7. The van der Waals surface area contributed by atoms with E-state index in [0.29, 0.717) is 29.9 Å². The Morgan fingerprint density at radius 2 is 1.55 bits per heavy atom. The number of nitrogens with one attached hydrogen (secondary N) is 6. The Balaban J connectivity index is 1.89. The lowest BCUT2D eigenvalue weighted by Crippen LogP contribution is -2.61. The van der Waals surface area contributed by atoms with Crippen molar-refractivity contribution in [3.63, 3.8) is 0 Å². The molecule has 0 aliphatic carbocycles. The number of carboxylic acids is 1. The minimum absolute atomic E-state index is 0.0172. The predicted molar refractivity (Wildman–Crippen MR) is 246 cm³/mol. The molecule has 3 rings (SSSR count). The van der Waals surface area contributed by atoms with Crippen molar-refractivity contribution in [2.45, 2.75) is 128 Å². The van der Waals surface area contributed by atoms with E-state index in [9.17, 15) is 43.8 Å². The van der Waals surface area contributed by atoms with Gasteiger partial charge in [0.1, 0.15) is 42.0 Å². The predicted octanol–water partition coefficient (Wildman–Crippen LogP) is -0.374. The van der Waals surface area contributed by atoms with E-state index >= 15 is 0 Å². The third-order valence-electron chi connectivity index (χ3n) is 10.6. The first-order valence-electron chi connectivity index (χ1n) is 22.0. The highest BCUT2D eigenvalue weighted by Crippen LogP contribution is 2.21. The summed E-state index contributed by atoms with van der Waals surface area (Å²) in [6.07, 6.45) is 5.12. The molecule has 1 aromatic heterocycles. The number of nitrogens with two attached hydrogens (primary N) is 3. The molecule has 0 bridgehead atoms. The van der Waals surface area contributed by atoms with Crippen LogP contribution in [0.3, 0.4) is 0 Å². The molecular formula is C43H68N12O9S. The number of guanidine groups is 1. The van der Waals surface area contributed by atoms with Crippen LogP contribution in [0.15, 0.2) is 41.8 Å². The van der Waals surface area contributed by atoms with Crippen LogP contribution < -0.4 is 43.8 Å². The van der Waals surface area contributed by atoms with Crippen LogP contribution in [0.2, 0.25) is 0 Å². The van der Waals surface area contributed by atoms with Crippen LogP contribution in [-0.2, 0) is 46.4 Å². The molecule has 1 aliphatic heterocycles. The number of likely N-dealkylation sites (tertiary alicyclic amines) is 1.